The Morgan fingerprint density at radius 1 is 0.912 bits per heavy atom. The van der Waals surface area contributed by atoms with Gasteiger partial charge in [-0.05, 0) is 48.9 Å². The highest BCUT2D eigenvalue weighted by molar-refractivity contribution is 7.89. The molecule has 0 aliphatic heterocycles. The summed E-state index contributed by atoms with van der Waals surface area (Å²) in [6, 6.07) is 19.1. The Morgan fingerprint density at radius 3 is 2.26 bits per heavy atom. The van der Waals surface area contributed by atoms with E-state index >= 15 is 0 Å². The Balaban J connectivity index is 1.33. The maximum atomic E-state index is 12.9. The lowest BCUT2D eigenvalue weighted by molar-refractivity contribution is 0.102. The van der Waals surface area contributed by atoms with Crippen LogP contribution in [0.2, 0.25) is 0 Å². The van der Waals surface area contributed by atoms with Gasteiger partial charge in [0, 0.05) is 19.2 Å². The van der Waals surface area contributed by atoms with Crippen LogP contribution in [0.4, 0.5) is 5.13 Å². The van der Waals surface area contributed by atoms with E-state index in [2.05, 4.69) is 15.3 Å². The molecule has 0 saturated heterocycles. The quantitative estimate of drug-likeness (QED) is 0.337. The number of carbonyl (C=O) groups excluding carboxylic acids is 1. The van der Waals surface area contributed by atoms with Gasteiger partial charge in [-0.2, -0.15) is 4.31 Å². The van der Waals surface area contributed by atoms with E-state index in [0.29, 0.717) is 10.7 Å². The van der Waals surface area contributed by atoms with Crippen LogP contribution in [0.3, 0.4) is 0 Å². The number of nitrogens with one attached hydrogen (secondary N) is 1. The monoisotopic (exact) mass is 508 g/mol. The second-order valence-corrected chi connectivity index (χ2v) is 12.0. The van der Waals surface area contributed by atoms with E-state index < -0.39 is 10.0 Å². The van der Waals surface area contributed by atoms with Crippen molar-refractivity contribution in [1.29, 1.82) is 0 Å². The minimum Gasteiger partial charge on any atom is -0.298 e. The highest BCUT2D eigenvalue weighted by Gasteiger charge is 2.21. The number of rotatable bonds is 6. The number of thiazole rings is 2. The van der Waals surface area contributed by atoms with Gasteiger partial charge in [-0.15, -0.1) is 11.3 Å². The zero-order chi connectivity index (χ0) is 23.9. The number of benzene rings is 3. The van der Waals surface area contributed by atoms with Crippen LogP contribution in [-0.2, 0) is 16.6 Å². The zero-order valence-electron chi connectivity index (χ0n) is 18.3. The highest BCUT2D eigenvalue weighted by atomic mass is 32.2. The molecule has 5 aromatic rings. The average Bonchev–Trinajstić information content (AvgIpc) is 3.41. The molecule has 0 fully saturated rings. The fourth-order valence-electron chi connectivity index (χ4n) is 3.59. The Labute approximate surface area is 204 Å². The molecule has 0 bridgehead atoms. The van der Waals surface area contributed by atoms with Gasteiger partial charge in [0.1, 0.15) is 0 Å². The summed E-state index contributed by atoms with van der Waals surface area (Å²) in [5.74, 6) is -0.350. The lowest BCUT2D eigenvalue weighted by Crippen LogP contribution is -2.26. The maximum absolute atomic E-state index is 12.9. The molecule has 1 amide bonds. The van der Waals surface area contributed by atoms with Crippen LogP contribution in [0.15, 0.2) is 71.6 Å². The number of fused-ring (bicyclic) bond motifs is 3. The summed E-state index contributed by atoms with van der Waals surface area (Å²) >= 11 is 3.00. The van der Waals surface area contributed by atoms with Gasteiger partial charge in [0.2, 0.25) is 10.0 Å². The van der Waals surface area contributed by atoms with Crippen molar-refractivity contribution in [1.82, 2.24) is 14.3 Å². The van der Waals surface area contributed by atoms with Crippen LogP contribution in [-0.4, -0.2) is 35.6 Å². The molecule has 34 heavy (non-hydrogen) atoms. The van der Waals surface area contributed by atoms with Crippen molar-refractivity contribution in [3.8, 4) is 0 Å². The first-order chi connectivity index (χ1) is 16.3. The highest BCUT2D eigenvalue weighted by Crippen LogP contribution is 2.35. The lowest BCUT2D eigenvalue weighted by Gasteiger charge is -2.17. The van der Waals surface area contributed by atoms with Gasteiger partial charge in [0.25, 0.3) is 5.91 Å². The number of hydrogen-bond donors (Lipinski definition) is 1. The molecule has 0 atom stereocenters. The van der Waals surface area contributed by atoms with Gasteiger partial charge in [-0.3, -0.25) is 10.1 Å². The molecule has 0 saturated carbocycles. The molecule has 172 valence electrons. The molecule has 2 aromatic heterocycles. The summed E-state index contributed by atoms with van der Waals surface area (Å²) in [5.41, 5.74) is 2.97. The van der Waals surface area contributed by atoms with Gasteiger partial charge >= 0.3 is 0 Å². The summed E-state index contributed by atoms with van der Waals surface area (Å²) in [4.78, 5) is 21.9. The second kappa shape index (κ2) is 8.88. The summed E-state index contributed by atoms with van der Waals surface area (Å²) in [5, 5.41) is 4.29. The molecule has 2 heterocycles. The fraction of sp³-hybridized carbons (Fsp3) is 0.125. The van der Waals surface area contributed by atoms with Gasteiger partial charge in [-0.25, -0.2) is 18.4 Å². The van der Waals surface area contributed by atoms with Gasteiger partial charge < -0.3 is 0 Å². The zero-order valence-corrected chi connectivity index (χ0v) is 20.8. The van der Waals surface area contributed by atoms with Crippen LogP contribution < -0.4 is 5.32 Å². The predicted octanol–water partition coefficient (Wildman–Crippen LogP) is 5.29. The lowest BCUT2D eigenvalue weighted by atomic mass is 10.2. The molecule has 3 aromatic carbocycles. The van der Waals surface area contributed by atoms with E-state index in [9.17, 15) is 13.2 Å². The van der Waals surface area contributed by atoms with Crippen molar-refractivity contribution in [3.05, 3.63) is 82.9 Å². The van der Waals surface area contributed by atoms with E-state index in [4.69, 9.17) is 0 Å². The van der Waals surface area contributed by atoms with Gasteiger partial charge in [0.15, 0.2) is 5.13 Å². The van der Waals surface area contributed by atoms with Gasteiger partial charge in [0.05, 0.1) is 30.3 Å². The van der Waals surface area contributed by atoms with Crippen LogP contribution in [0, 0.1) is 6.92 Å². The summed E-state index contributed by atoms with van der Waals surface area (Å²) in [6.07, 6.45) is 0. The molecule has 0 radical (unpaired) electrons. The predicted molar refractivity (Wildman–Crippen MR) is 137 cm³/mol. The van der Waals surface area contributed by atoms with E-state index in [1.165, 1.54) is 47.0 Å². The molecule has 1 N–H and O–H groups in total. The minimum atomic E-state index is -3.69. The number of nitrogens with zero attached hydrogens (tertiary/aromatic N) is 3. The number of amides is 1. The van der Waals surface area contributed by atoms with Crippen molar-refractivity contribution in [3.63, 3.8) is 0 Å². The topological polar surface area (TPSA) is 92.3 Å². The van der Waals surface area contributed by atoms with Crippen molar-refractivity contribution < 1.29 is 13.2 Å². The third-order valence-corrected chi connectivity index (χ3v) is 9.27. The van der Waals surface area contributed by atoms with Gasteiger partial charge in [-0.1, -0.05) is 41.7 Å². The first-order valence-electron chi connectivity index (χ1n) is 10.4. The largest absolute Gasteiger partial charge is 0.298 e. The molecule has 7 nitrogen and oxygen atoms in total. The molecule has 5 rings (SSSR count). The Bertz CT molecular complexity index is 1610. The number of hydrogen-bond acceptors (Lipinski definition) is 7. The molecule has 10 heteroatoms. The standard InChI is InChI=1S/C24H20N4O3S3/c1-15-25-19-12-13-20-22(21(19)32-15)33-24(26-20)27-23(29)17-8-10-18(11-9-17)34(30,31)28(2)14-16-6-4-3-5-7-16/h3-13H,14H2,1-2H3,(H,26,27,29). The SMILES string of the molecule is Cc1nc2ccc3nc(NC(=O)c4ccc(S(=O)(=O)N(C)Cc5ccccc5)cc4)sc3c2s1. The second-order valence-electron chi connectivity index (χ2n) is 7.74. The maximum Gasteiger partial charge on any atom is 0.257 e. The minimum absolute atomic E-state index is 0.130. The Hall–Kier alpha value is -3.18. The first kappa shape index (κ1) is 22.6. The van der Waals surface area contributed by atoms with Crippen LogP contribution in [0.1, 0.15) is 20.9 Å². The Kier molecular flexibility index (Phi) is 5.90. The molecule has 0 spiro atoms. The van der Waals surface area contributed by atoms with Crippen LogP contribution in [0.25, 0.3) is 20.4 Å². The number of aryl methyl sites for hydroxylation is 1. The van der Waals surface area contributed by atoms with E-state index in [1.54, 1.807) is 11.3 Å². The van der Waals surface area contributed by atoms with E-state index in [-0.39, 0.29) is 17.3 Å². The number of anilines is 1. The number of sulfonamides is 1. The van der Waals surface area contributed by atoms with E-state index in [0.717, 1.165) is 31.0 Å². The van der Waals surface area contributed by atoms with Crippen molar-refractivity contribution in [2.24, 2.45) is 0 Å². The molecular weight excluding hydrogens is 488 g/mol. The average molecular weight is 509 g/mol. The summed E-state index contributed by atoms with van der Waals surface area (Å²) < 4.78 is 29.2. The number of carbonyl (C=O) groups is 1. The third kappa shape index (κ3) is 4.32. The summed E-state index contributed by atoms with van der Waals surface area (Å²) in [6.45, 7) is 2.22. The Morgan fingerprint density at radius 2 is 1.56 bits per heavy atom. The smallest absolute Gasteiger partial charge is 0.257 e. The molecule has 0 aliphatic carbocycles. The molecule has 0 aliphatic rings. The summed E-state index contributed by atoms with van der Waals surface area (Å²) in [7, 11) is -2.15. The number of aromatic nitrogens is 2. The van der Waals surface area contributed by atoms with Crippen molar-refractivity contribution in [2.45, 2.75) is 18.4 Å². The van der Waals surface area contributed by atoms with Crippen LogP contribution in [0.5, 0.6) is 0 Å². The fourth-order valence-corrected chi connectivity index (χ4v) is 6.75. The van der Waals surface area contributed by atoms with Crippen LogP contribution >= 0.6 is 22.7 Å². The molecular formula is C24H20N4O3S3. The normalized spacial score (nSPS) is 12.0. The van der Waals surface area contributed by atoms with Crippen molar-refractivity contribution >= 4 is 64.2 Å². The van der Waals surface area contributed by atoms with E-state index in [1.807, 2.05) is 49.4 Å². The third-order valence-electron chi connectivity index (χ3n) is 5.31. The van der Waals surface area contributed by atoms with Crippen molar-refractivity contribution in [2.75, 3.05) is 12.4 Å². The first-order valence-corrected chi connectivity index (χ1v) is 13.5. The molecule has 0 unspecified atom stereocenters.